The van der Waals surface area contributed by atoms with E-state index in [4.69, 9.17) is 9.47 Å². The highest BCUT2D eigenvalue weighted by molar-refractivity contribution is 6.01. The SMILES string of the molecule is C=C1NC(=O)CC[C@H](C(=O)O)NC(=O)[C@@H](C)C(/C=C/C(C)=C/[C@H](C)[C@H](Cc2ccccc2)OC)NC(=O)C(CC(=O)OC)NC(=O)[C@@H](C)C(C(=O)O)NC(=O)[C@H](CC(=O)OC)NC(=O)[C@@H](C)NC1=O. The minimum Gasteiger partial charge on any atom is -0.480 e. The zero-order valence-corrected chi connectivity index (χ0v) is 39.7. The molecule has 0 aliphatic carbocycles. The number of ether oxygens (including phenoxy) is 3. The summed E-state index contributed by atoms with van der Waals surface area (Å²) < 4.78 is 15.1. The Hall–Kier alpha value is -7.43. The van der Waals surface area contributed by atoms with Gasteiger partial charge in [-0.1, -0.05) is 81.5 Å². The van der Waals surface area contributed by atoms with E-state index in [2.05, 4.69) is 48.5 Å². The van der Waals surface area contributed by atoms with Crippen molar-refractivity contribution in [2.75, 3.05) is 21.3 Å². The smallest absolute Gasteiger partial charge is 0.327 e. The van der Waals surface area contributed by atoms with Crippen LogP contribution in [0.15, 0.2) is 66.4 Å². The third-order valence-corrected chi connectivity index (χ3v) is 11.0. The largest absolute Gasteiger partial charge is 0.480 e. The van der Waals surface area contributed by atoms with Gasteiger partial charge >= 0.3 is 23.9 Å². The molecule has 2 rings (SSSR count). The van der Waals surface area contributed by atoms with Crippen molar-refractivity contribution in [2.24, 2.45) is 17.8 Å². The van der Waals surface area contributed by atoms with Crippen molar-refractivity contribution in [3.63, 3.8) is 0 Å². The molecule has 9 N–H and O–H groups in total. The van der Waals surface area contributed by atoms with Crippen molar-refractivity contribution in [1.29, 1.82) is 0 Å². The molecule has 69 heavy (non-hydrogen) atoms. The number of carboxylic acid groups (broad SMARTS) is 2. The van der Waals surface area contributed by atoms with Gasteiger partial charge in [0, 0.05) is 19.4 Å². The summed E-state index contributed by atoms with van der Waals surface area (Å²) in [6.07, 6.45) is 2.45. The highest BCUT2D eigenvalue weighted by Crippen LogP contribution is 2.18. The Balaban J connectivity index is 2.69. The van der Waals surface area contributed by atoms with Crippen LogP contribution < -0.4 is 37.2 Å². The molecule has 23 nitrogen and oxygen atoms in total. The van der Waals surface area contributed by atoms with Gasteiger partial charge in [0.1, 0.15) is 30.2 Å². The van der Waals surface area contributed by atoms with Gasteiger partial charge in [-0.3, -0.25) is 43.2 Å². The van der Waals surface area contributed by atoms with Gasteiger partial charge in [0.05, 0.1) is 56.7 Å². The van der Waals surface area contributed by atoms with Gasteiger partial charge in [-0.25, -0.2) is 9.59 Å². The van der Waals surface area contributed by atoms with Crippen LogP contribution in [0.3, 0.4) is 0 Å². The average molecular weight is 970 g/mol. The molecule has 0 spiro atoms. The third kappa shape index (κ3) is 19.0. The van der Waals surface area contributed by atoms with Crippen LogP contribution in [0.2, 0.25) is 0 Å². The van der Waals surface area contributed by atoms with Crippen LogP contribution in [0, 0.1) is 17.8 Å². The lowest BCUT2D eigenvalue weighted by atomic mass is 9.94. The first-order chi connectivity index (χ1) is 32.4. The van der Waals surface area contributed by atoms with Gasteiger partial charge in [0.15, 0.2) is 0 Å². The summed E-state index contributed by atoms with van der Waals surface area (Å²) in [6.45, 7) is 10.7. The predicted molar refractivity (Wildman–Crippen MR) is 244 cm³/mol. The summed E-state index contributed by atoms with van der Waals surface area (Å²) in [4.78, 5) is 144. The molecule has 0 radical (unpaired) electrons. The normalized spacial score (nSPS) is 25.4. The zero-order chi connectivity index (χ0) is 52.1. The predicted octanol–water partition coefficient (Wildman–Crippen LogP) is -0.697. The summed E-state index contributed by atoms with van der Waals surface area (Å²) in [7, 11) is 3.55. The second-order valence-electron chi connectivity index (χ2n) is 16.4. The molecule has 3 unspecified atom stereocenters. The Morgan fingerprint density at radius 1 is 0.739 bits per heavy atom. The number of carboxylic acids is 2. The monoisotopic (exact) mass is 969 g/mol. The van der Waals surface area contributed by atoms with E-state index in [1.54, 1.807) is 20.1 Å². The van der Waals surface area contributed by atoms with Gasteiger partial charge in [-0.2, -0.15) is 0 Å². The van der Waals surface area contributed by atoms with Crippen LogP contribution in [0.4, 0.5) is 0 Å². The number of hydrogen-bond acceptors (Lipinski definition) is 14. The van der Waals surface area contributed by atoms with E-state index >= 15 is 0 Å². The van der Waals surface area contributed by atoms with E-state index in [0.29, 0.717) is 12.0 Å². The maximum atomic E-state index is 14.1. The number of amides is 7. The number of benzene rings is 1. The van der Waals surface area contributed by atoms with Crippen molar-refractivity contribution >= 4 is 65.2 Å². The van der Waals surface area contributed by atoms with Crippen LogP contribution in [0.5, 0.6) is 0 Å². The van der Waals surface area contributed by atoms with E-state index in [-0.39, 0.29) is 12.0 Å². The summed E-state index contributed by atoms with van der Waals surface area (Å²) in [5, 5.41) is 36.1. The topological polar surface area (TPSA) is 340 Å². The summed E-state index contributed by atoms with van der Waals surface area (Å²) in [6, 6.07) is -0.609. The Kier molecular flexibility index (Phi) is 23.4. The second-order valence-corrected chi connectivity index (χ2v) is 16.4. The lowest BCUT2D eigenvalue weighted by molar-refractivity contribution is -0.148. The van der Waals surface area contributed by atoms with E-state index in [1.165, 1.54) is 13.0 Å². The first kappa shape index (κ1) is 57.7. The quantitative estimate of drug-likeness (QED) is 0.0671. The van der Waals surface area contributed by atoms with Gasteiger partial charge in [-0.15, -0.1) is 0 Å². The maximum absolute atomic E-state index is 14.1. The number of allylic oxidation sites excluding steroid dienone is 2. The molecule has 378 valence electrons. The number of aliphatic carboxylic acids is 2. The minimum atomic E-state index is -2.10. The first-order valence-corrected chi connectivity index (χ1v) is 21.8. The Morgan fingerprint density at radius 2 is 1.29 bits per heavy atom. The molecule has 0 aromatic heterocycles. The molecule has 1 fully saturated rings. The fraction of sp³-hybridized carbons (Fsp3) is 0.500. The van der Waals surface area contributed by atoms with Crippen LogP contribution in [0.25, 0.3) is 0 Å². The van der Waals surface area contributed by atoms with Crippen LogP contribution in [-0.2, 0) is 73.4 Å². The number of carbonyl (C=O) groups excluding carboxylic acids is 9. The van der Waals surface area contributed by atoms with Crippen molar-refractivity contribution in [3.05, 3.63) is 72.0 Å². The van der Waals surface area contributed by atoms with Crippen molar-refractivity contribution in [1.82, 2.24) is 37.2 Å². The van der Waals surface area contributed by atoms with Gasteiger partial charge < -0.3 is 61.6 Å². The second kappa shape index (κ2) is 28.0. The van der Waals surface area contributed by atoms with Gasteiger partial charge in [-0.05, 0) is 32.3 Å². The number of carbonyl (C=O) groups is 11. The summed E-state index contributed by atoms with van der Waals surface area (Å²) in [5.74, 6) is -16.1. The molecule has 1 heterocycles. The summed E-state index contributed by atoms with van der Waals surface area (Å²) in [5.41, 5.74) is 1.09. The number of hydrogen-bond donors (Lipinski definition) is 9. The molecule has 1 aromatic carbocycles. The van der Waals surface area contributed by atoms with Crippen molar-refractivity contribution < 1.29 is 77.2 Å². The molecule has 1 saturated heterocycles. The van der Waals surface area contributed by atoms with E-state index in [9.17, 15) is 63.0 Å². The zero-order valence-electron chi connectivity index (χ0n) is 39.7. The fourth-order valence-electron chi connectivity index (χ4n) is 6.73. The number of nitrogens with one attached hydrogen (secondary N) is 7. The van der Waals surface area contributed by atoms with E-state index < -0.39 is 145 Å². The number of rotatable bonds is 13. The fourth-order valence-corrected chi connectivity index (χ4v) is 6.73. The standard InChI is InChI=1S/C46H63N7O16/c1-23(19-24(2)34(67-7)20-29-13-11-10-12-14-29)15-16-30-25(3)39(57)50-31(45(63)64)17-18-35(54)47-27(5)41(59)48-28(6)42(60)52-33(22-37(56)69-9)44(62)53-38(46(65)66)26(4)40(58)51-32(43(61)49-30)21-36(55)68-8/h10-16,19,24-26,28,30-34,38H,5,17-18,20-22H2,1-4,6-9H3,(H,47,54)(H,48,59)(H,49,61)(H,50,57)(H,51,58)(H,52,60)(H,53,62)(H,63,64)(H,65,66)/b16-15+,23-19+/t24-,25-,26-,28+,30?,31+,32?,33-,34-,38?/m0/s1. The van der Waals surface area contributed by atoms with Gasteiger partial charge in [0.2, 0.25) is 35.4 Å². The molecule has 23 heteroatoms. The lowest BCUT2D eigenvalue weighted by Gasteiger charge is -2.28. The Bertz CT molecular complexity index is 2140. The molecule has 1 aliphatic rings. The molecular weight excluding hydrogens is 907 g/mol. The van der Waals surface area contributed by atoms with Crippen LogP contribution >= 0.6 is 0 Å². The highest BCUT2D eigenvalue weighted by Gasteiger charge is 2.38. The Morgan fingerprint density at radius 3 is 1.83 bits per heavy atom. The molecular formula is C46H63N7O16. The Labute approximate surface area is 399 Å². The number of esters is 2. The number of methoxy groups -OCH3 is 3. The first-order valence-electron chi connectivity index (χ1n) is 21.8. The third-order valence-electron chi connectivity index (χ3n) is 11.0. The average Bonchev–Trinajstić information content (AvgIpc) is 3.30. The van der Waals surface area contributed by atoms with Crippen molar-refractivity contribution in [2.45, 2.75) is 109 Å². The molecule has 10 atom stereocenters. The summed E-state index contributed by atoms with van der Waals surface area (Å²) >= 11 is 0. The molecule has 0 saturated carbocycles. The molecule has 1 aliphatic heterocycles. The van der Waals surface area contributed by atoms with E-state index in [0.717, 1.165) is 33.6 Å². The maximum Gasteiger partial charge on any atom is 0.327 e. The van der Waals surface area contributed by atoms with Crippen molar-refractivity contribution in [3.8, 4) is 0 Å². The molecule has 7 amide bonds. The van der Waals surface area contributed by atoms with Gasteiger partial charge in [0.25, 0.3) is 5.91 Å². The van der Waals surface area contributed by atoms with E-state index in [1.807, 2.05) is 43.3 Å². The molecule has 0 bridgehead atoms. The lowest BCUT2D eigenvalue weighted by Crippen LogP contribution is -2.59. The van der Waals surface area contributed by atoms with Crippen LogP contribution in [0.1, 0.15) is 65.9 Å². The molecule has 1 aromatic rings. The minimum absolute atomic E-state index is 0.164. The highest BCUT2D eigenvalue weighted by atomic mass is 16.5. The van der Waals surface area contributed by atoms with Crippen LogP contribution in [-0.4, -0.2) is 139 Å².